The lowest BCUT2D eigenvalue weighted by Crippen LogP contribution is -2.47. The van der Waals surface area contributed by atoms with Crippen LogP contribution >= 0.6 is 0 Å². The number of nitrogens with one attached hydrogen (secondary N) is 1. The smallest absolute Gasteiger partial charge is 0.0869 e. The van der Waals surface area contributed by atoms with Crippen LogP contribution < -0.4 is 5.32 Å². The molecule has 1 aliphatic rings. The molecule has 90 valence electrons. The van der Waals surface area contributed by atoms with E-state index in [1.54, 1.807) is 0 Å². The molecule has 1 saturated carbocycles. The van der Waals surface area contributed by atoms with Crippen LogP contribution in [0.3, 0.4) is 0 Å². The maximum absolute atomic E-state index is 10.1. The fourth-order valence-corrected chi connectivity index (χ4v) is 2.49. The summed E-state index contributed by atoms with van der Waals surface area (Å²) >= 11 is 0. The first-order valence-corrected chi connectivity index (χ1v) is 5.99. The highest BCUT2D eigenvalue weighted by Crippen LogP contribution is 2.24. The maximum Gasteiger partial charge on any atom is 0.0869 e. The van der Waals surface area contributed by atoms with Crippen molar-refractivity contribution in [3.05, 3.63) is 0 Å². The highest BCUT2D eigenvalue weighted by molar-refractivity contribution is 4.84. The molecular formula is C12H26N2O. The Balaban J connectivity index is 2.23. The fourth-order valence-electron chi connectivity index (χ4n) is 2.49. The molecule has 0 radical (unpaired) electrons. The van der Waals surface area contributed by atoms with Crippen LogP contribution in [0.15, 0.2) is 0 Å². The van der Waals surface area contributed by atoms with E-state index in [9.17, 15) is 5.11 Å². The van der Waals surface area contributed by atoms with Gasteiger partial charge in [-0.05, 0) is 46.2 Å². The third-order valence-corrected chi connectivity index (χ3v) is 3.12. The molecule has 1 fully saturated rings. The minimum atomic E-state index is -0.616. The Bertz CT molecular complexity index is 192. The Morgan fingerprint density at radius 2 is 2.07 bits per heavy atom. The topological polar surface area (TPSA) is 35.5 Å². The van der Waals surface area contributed by atoms with Gasteiger partial charge in [0, 0.05) is 19.1 Å². The van der Waals surface area contributed by atoms with Gasteiger partial charge in [-0.2, -0.15) is 0 Å². The standard InChI is InChI=1S/C12H26N2O/c1-10-5-6-11(7-10)13-8-12(2,15)9-14(3)4/h10-11,13,15H,5-9H2,1-4H3. The average Bonchev–Trinajstić information content (AvgIpc) is 2.46. The van der Waals surface area contributed by atoms with Crippen LogP contribution in [0.4, 0.5) is 0 Å². The number of nitrogens with zero attached hydrogens (tertiary/aromatic N) is 1. The van der Waals surface area contributed by atoms with Crippen LogP contribution in [0.2, 0.25) is 0 Å². The summed E-state index contributed by atoms with van der Waals surface area (Å²) < 4.78 is 0. The molecule has 0 bridgehead atoms. The summed E-state index contributed by atoms with van der Waals surface area (Å²) in [5, 5.41) is 13.6. The van der Waals surface area contributed by atoms with Crippen molar-refractivity contribution in [1.29, 1.82) is 0 Å². The van der Waals surface area contributed by atoms with Crippen molar-refractivity contribution in [3.8, 4) is 0 Å². The molecule has 2 N–H and O–H groups in total. The summed E-state index contributed by atoms with van der Waals surface area (Å²) in [4.78, 5) is 2.03. The molecule has 1 aliphatic carbocycles. The molecule has 0 amide bonds. The second-order valence-electron chi connectivity index (χ2n) is 5.73. The molecule has 15 heavy (non-hydrogen) atoms. The Kier molecular flexibility index (Phi) is 4.56. The van der Waals surface area contributed by atoms with Gasteiger partial charge in [0.05, 0.1) is 5.60 Å². The summed E-state index contributed by atoms with van der Waals surface area (Å²) in [6.45, 7) is 5.61. The summed E-state index contributed by atoms with van der Waals surface area (Å²) in [7, 11) is 3.98. The third-order valence-electron chi connectivity index (χ3n) is 3.12. The molecule has 3 atom stereocenters. The summed E-state index contributed by atoms with van der Waals surface area (Å²) in [6.07, 6.45) is 3.85. The number of rotatable bonds is 5. The van der Waals surface area contributed by atoms with Crippen LogP contribution in [0.5, 0.6) is 0 Å². The molecule has 0 aliphatic heterocycles. The van der Waals surface area contributed by atoms with Gasteiger partial charge in [0.2, 0.25) is 0 Å². The van der Waals surface area contributed by atoms with Gasteiger partial charge < -0.3 is 15.3 Å². The molecule has 0 aromatic heterocycles. The SMILES string of the molecule is CC1CCC(NCC(C)(O)CN(C)C)C1. The average molecular weight is 214 g/mol. The van der Waals surface area contributed by atoms with Crippen LogP contribution in [-0.4, -0.2) is 48.8 Å². The van der Waals surface area contributed by atoms with Crippen LogP contribution in [0.25, 0.3) is 0 Å². The molecule has 0 heterocycles. The van der Waals surface area contributed by atoms with E-state index in [-0.39, 0.29) is 0 Å². The Morgan fingerprint density at radius 1 is 1.40 bits per heavy atom. The number of hydrogen-bond acceptors (Lipinski definition) is 3. The molecule has 3 nitrogen and oxygen atoms in total. The zero-order chi connectivity index (χ0) is 11.5. The first-order chi connectivity index (χ1) is 6.89. The zero-order valence-corrected chi connectivity index (χ0v) is 10.6. The van der Waals surface area contributed by atoms with E-state index in [1.807, 2.05) is 25.9 Å². The zero-order valence-electron chi connectivity index (χ0n) is 10.6. The van der Waals surface area contributed by atoms with E-state index in [0.717, 1.165) is 5.92 Å². The Hall–Kier alpha value is -0.120. The van der Waals surface area contributed by atoms with Crippen molar-refractivity contribution in [2.45, 2.75) is 44.8 Å². The number of aliphatic hydroxyl groups is 1. The van der Waals surface area contributed by atoms with Crippen molar-refractivity contribution in [1.82, 2.24) is 10.2 Å². The van der Waals surface area contributed by atoms with Gasteiger partial charge >= 0.3 is 0 Å². The second kappa shape index (κ2) is 5.28. The minimum Gasteiger partial charge on any atom is -0.388 e. The Labute approximate surface area is 93.9 Å². The van der Waals surface area contributed by atoms with Crippen molar-refractivity contribution in [2.24, 2.45) is 5.92 Å². The van der Waals surface area contributed by atoms with E-state index >= 15 is 0 Å². The molecular weight excluding hydrogens is 188 g/mol. The second-order valence-corrected chi connectivity index (χ2v) is 5.73. The van der Waals surface area contributed by atoms with Crippen molar-refractivity contribution in [3.63, 3.8) is 0 Å². The predicted molar refractivity (Wildman–Crippen MR) is 64.0 cm³/mol. The Morgan fingerprint density at radius 3 is 2.53 bits per heavy atom. The summed E-state index contributed by atoms with van der Waals surface area (Å²) in [5.41, 5.74) is -0.616. The van der Waals surface area contributed by atoms with E-state index in [4.69, 9.17) is 0 Å². The van der Waals surface area contributed by atoms with E-state index in [1.165, 1.54) is 19.3 Å². The van der Waals surface area contributed by atoms with Gasteiger partial charge in [0.1, 0.15) is 0 Å². The van der Waals surface area contributed by atoms with Gasteiger partial charge in [-0.1, -0.05) is 6.92 Å². The van der Waals surface area contributed by atoms with Crippen molar-refractivity contribution < 1.29 is 5.11 Å². The number of likely N-dealkylation sites (N-methyl/N-ethyl adjacent to an activating group) is 1. The lowest BCUT2D eigenvalue weighted by molar-refractivity contribution is 0.0314. The summed E-state index contributed by atoms with van der Waals surface area (Å²) in [6, 6.07) is 0.619. The lowest BCUT2D eigenvalue weighted by Gasteiger charge is -2.28. The summed E-state index contributed by atoms with van der Waals surface area (Å²) in [5.74, 6) is 0.848. The fraction of sp³-hybridized carbons (Fsp3) is 1.00. The van der Waals surface area contributed by atoms with Gasteiger partial charge in [0.25, 0.3) is 0 Å². The molecule has 1 rings (SSSR count). The van der Waals surface area contributed by atoms with Gasteiger partial charge in [0.15, 0.2) is 0 Å². The molecule has 0 aromatic rings. The van der Waals surface area contributed by atoms with E-state index in [2.05, 4.69) is 12.2 Å². The highest BCUT2D eigenvalue weighted by Gasteiger charge is 2.25. The van der Waals surface area contributed by atoms with Gasteiger partial charge in [-0.15, -0.1) is 0 Å². The van der Waals surface area contributed by atoms with Crippen LogP contribution in [0, 0.1) is 5.92 Å². The normalized spacial score (nSPS) is 30.8. The first kappa shape index (κ1) is 12.9. The highest BCUT2D eigenvalue weighted by atomic mass is 16.3. The van der Waals surface area contributed by atoms with E-state index < -0.39 is 5.60 Å². The molecule has 3 unspecified atom stereocenters. The third kappa shape index (κ3) is 4.96. The first-order valence-electron chi connectivity index (χ1n) is 5.99. The van der Waals surface area contributed by atoms with E-state index in [0.29, 0.717) is 19.1 Å². The molecule has 0 aromatic carbocycles. The van der Waals surface area contributed by atoms with Crippen molar-refractivity contribution >= 4 is 0 Å². The lowest BCUT2D eigenvalue weighted by atomic mass is 10.1. The maximum atomic E-state index is 10.1. The minimum absolute atomic E-state index is 0.616. The molecule has 3 heteroatoms. The van der Waals surface area contributed by atoms with Crippen LogP contribution in [-0.2, 0) is 0 Å². The van der Waals surface area contributed by atoms with Crippen LogP contribution in [0.1, 0.15) is 33.1 Å². The monoisotopic (exact) mass is 214 g/mol. The predicted octanol–water partition coefficient (Wildman–Crippen LogP) is 1.08. The quantitative estimate of drug-likeness (QED) is 0.719. The molecule has 0 saturated heterocycles. The molecule has 0 spiro atoms. The van der Waals surface area contributed by atoms with Crippen molar-refractivity contribution in [2.75, 3.05) is 27.2 Å². The number of hydrogen-bond donors (Lipinski definition) is 2. The van der Waals surface area contributed by atoms with Gasteiger partial charge in [-0.25, -0.2) is 0 Å². The van der Waals surface area contributed by atoms with Gasteiger partial charge in [-0.3, -0.25) is 0 Å². The largest absolute Gasteiger partial charge is 0.388 e.